The molecule has 0 bridgehead atoms. The van der Waals surface area contributed by atoms with Gasteiger partial charge in [-0.2, -0.15) is 5.10 Å². The number of amides is 1. The summed E-state index contributed by atoms with van der Waals surface area (Å²) in [7, 11) is 0. The van der Waals surface area contributed by atoms with Crippen molar-refractivity contribution in [1.82, 2.24) is 24.7 Å². The molecule has 10 heteroatoms. The number of carbonyl (C=O) groups excluding carboxylic acids is 1. The maximum absolute atomic E-state index is 12.7. The maximum Gasteiger partial charge on any atom is 0.246 e. The molecule has 0 fully saturated rings. The van der Waals surface area contributed by atoms with Gasteiger partial charge in [0.15, 0.2) is 5.65 Å². The van der Waals surface area contributed by atoms with E-state index >= 15 is 0 Å². The van der Waals surface area contributed by atoms with Crippen LogP contribution in [0.25, 0.3) is 22.3 Å². The van der Waals surface area contributed by atoms with Gasteiger partial charge in [-0.25, -0.2) is 19.6 Å². The molecule has 1 amide bonds. The zero-order chi connectivity index (χ0) is 23.5. The first-order valence-corrected chi connectivity index (χ1v) is 10.7. The molecule has 0 aliphatic heterocycles. The van der Waals surface area contributed by atoms with E-state index < -0.39 is 0 Å². The lowest BCUT2D eigenvalue weighted by atomic mass is 10.1. The van der Waals surface area contributed by atoms with Gasteiger partial charge in [-0.1, -0.05) is 35.9 Å². The zero-order valence-electron chi connectivity index (χ0n) is 17.7. The van der Waals surface area contributed by atoms with Crippen molar-refractivity contribution in [2.24, 2.45) is 0 Å². The number of nitrogens with zero attached hydrogens (tertiary/aromatic N) is 5. The topological polar surface area (TPSA) is 121 Å². The summed E-state index contributed by atoms with van der Waals surface area (Å²) in [5.41, 5.74) is 8.37. The number of ether oxygens (including phenoxy) is 1. The van der Waals surface area contributed by atoms with Crippen molar-refractivity contribution < 1.29 is 9.53 Å². The van der Waals surface area contributed by atoms with Crippen LogP contribution in [0, 0.1) is 0 Å². The van der Waals surface area contributed by atoms with E-state index in [0.717, 1.165) is 0 Å². The van der Waals surface area contributed by atoms with Crippen molar-refractivity contribution in [2.75, 3.05) is 11.1 Å². The van der Waals surface area contributed by atoms with Crippen molar-refractivity contribution in [3.05, 3.63) is 84.3 Å². The van der Waals surface area contributed by atoms with Gasteiger partial charge in [-0.05, 0) is 36.4 Å². The second-order valence-electron chi connectivity index (χ2n) is 7.32. The van der Waals surface area contributed by atoms with E-state index in [1.54, 1.807) is 36.5 Å². The number of nitrogens with two attached hydrogens (primary N) is 1. The molecule has 0 saturated heterocycles. The van der Waals surface area contributed by atoms with Crippen molar-refractivity contribution in [2.45, 2.75) is 6.54 Å². The van der Waals surface area contributed by atoms with E-state index in [1.165, 1.54) is 11.0 Å². The summed E-state index contributed by atoms with van der Waals surface area (Å²) in [4.78, 5) is 25.4. The van der Waals surface area contributed by atoms with Crippen molar-refractivity contribution >= 4 is 40.0 Å². The first-order chi connectivity index (χ1) is 16.6. The van der Waals surface area contributed by atoms with Crippen molar-refractivity contribution in [1.29, 1.82) is 0 Å². The van der Waals surface area contributed by atoms with Crippen LogP contribution in [0.3, 0.4) is 0 Å². The lowest BCUT2D eigenvalue weighted by Crippen LogP contribution is -2.19. The lowest BCUT2D eigenvalue weighted by Gasteiger charge is -2.06. The highest BCUT2D eigenvalue weighted by atomic mass is 35.5. The molecule has 168 valence electrons. The first kappa shape index (κ1) is 21.4. The first-order valence-electron chi connectivity index (χ1n) is 10.3. The van der Waals surface area contributed by atoms with Gasteiger partial charge in [0.2, 0.25) is 11.8 Å². The Labute approximate surface area is 199 Å². The molecule has 0 unspecified atom stereocenters. The van der Waals surface area contributed by atoms with Crippen LogP contribution in [0.1, 0.15) is 0 Å². The Kier molecular flexibility index (Phi) is 5.75. The van der Waals surface area contributed by atoms with Crippen LogP contribution in [0.2, 0.25) is 5.02 Å². The van der Waals surface area contributed by atoms with Gasteiger partial charge in [-0.15, -0.1) is 0 Å². The van der Waals surface area contributed by atoms with Gasteiger partial charge in [0, 0.05) is 28.5 Å². The normalized spacial score (nSPS) is 10.9. The summed E-state index contributed by atoms with van der Waals surface area (Å²) in [6.45, 7) is -0.0813. The molecule has 3 heterocycles. The molecule has 0 saturated carbocycles. The van der Waals surface area contributed by atoms with Gasteiger partial charge in [-0.3, -0.25) is 4.79 Å². The third kappa shape index (κ3) is 4.50. The van der Waals surface area contributed by atoms with Gasteiger partial charge in [0.25, 0.3) is 0 Å². The van der Waals surface area contributed by atoms with Crippen molar-refractivity contribution in [3.63, 3.8) is 0 Å². The Morgan fingerprint density at radius 1 is 1.03 bits per heavy atom. The standard InChI is InChI=1S/C24H18ClN7O2/c25-16-5-4-6-17(11-16)30-19(33)13-32-24-21(23(26)28-14-29-24)22(31-32)15-9-10-20(27-12-15)34-18-7-2-1-3-8-18/h1-12,14H,13H2,(H,30,33)(H2,26,28,29). The maximum atomic E-state index is 12.7. The average Bonchev–Trinajstić information content (AvgIpc) is 3.20. The molecule has 3 aromatic heterocycles. The second-order valence-corrected chi connectivity index (χ2v) is 7.76. The molecule has 5 aromatic rings. The summed E-state index contributed by atoms with van der Waals surface area (Å²) in [5, 5.41) is 8.47. The minimum Gasteiger partial charge on any atom is -0.439 e. The largest absolute Gasteiger partial charge is 0.439 e. The number of hydrogen-bond acceptors (Lipinski definition) is 7. The third-order valence-electron chi connectivity index (χ3n) is 4.94. The number of aromatic nitrogens is 5. The average molecular weight is 472 g/mol. The predicted octanol–water partition coefficient (Wildman–Crippen LogP) is 4.55. The monoisotopic (exact) mass is 471 g/mol. The number of nitrogen functional groups attached to an aromatic ring is 1. The fourth-order valence-corrected chi connectivity index (χ4v) is 3.63. The fraction of sp³-hybridized carbons (Fsp3) is 0.0417. The molecule has 0 spiro atoms. The Hall–Kier alpha value is -4.50. The Morgan fingerprint density at radius 2 is 1.88 bits per heavy atom. The minimum absolute atomic E-state index is 0.0813. The Morgan fingerprint density at radius 3 is 2.65 bits per heavy atom. The lowest BCUT2D eigenvalue weighted by molar-refractivity contribution is -0.116. The number of fused-ring (bicyclic) bond motifs is 1. The number of pyridine rings is 1. The highest BCUT2D eigenvalue weighted by Crippen LogP contribution is 2.31. The Bertz CT molecular complexity index is 1470. The number of benzene rings is 2. The summed E-state index contributed by atoms with van der Waals surface area (Å²) in [6.07, 6.45) is 2.96. The number of carbonyl (C=O) groups is 1. The van der Waals surface area contributed by atoms with E-state index in [-0.39, 0.29) is 18.3 Å². The number of halogens is 1. The molecule has 0 aliphatic rings. The quantitative estimate of drug-likeness (QED) is 0.372. The molecule has 0 radical (unpaired) electrons. The molecule has 34 heavy (non-hydrogen) atoms. The SMILES string of the molecule is Nc1ncnc2c1c(-c1ccc(Oc3ccccc3)nc1)nn2CC(=O)Nc1cccc(Cl)c1. The van der Waals surface area contributed by atoms with Crippen LogP contribution in [0.5, 0.6) is 11.6 Å². The summed E-state index contributed by atoms with van der Waals surface area (Å²) in [5.74, 6) is 1.08. The molecular formula is C24H18ClN7O2. The summed E-state index contributed by atoms with van der Waals surface area (Å²) < 4.78 is 7.24. The van der Waals surface area contributed by atoms with E-state index in [9.17, 15) is 4.79 Å². The van der Waals surface area contributed by atoms with Gasteiger partial charge in [0.05, 0.1) is 5.39 Å². The van der Waals surface area contributed by atoms with Crippen LogP contribution in [-0.4, -0.2) is 30.6 Å². The van der Waals surface area contributed by atoms with Gasteiger partial charge in [0.1, 0.15) is 30.1 Å². The number of nitrogens with one attached hydrogen (secondary N) is 1. The smallest absolute Gasteiger partial charge is 0.246 e. The van der Waals surface area contributed by atoms with E-state index in [1.807, 2.05) is 36.4 Å². The highest BCUT2D eigenvalue weighted by molar-refractivity contribution is 6.30. The molecule has 3 N–H and O–H groups in total. The minimum atomic E-state index is -0.292. The van der Waals surface area contributed by atoms with Gasteiger partial charge < -0.3 is 15.8 Å². The molecule has 0 aliphatic carbocycles. The van der Waals surface area contributed by atoms with Gasteiger partial charge >= 0.3 is 0 Å². The van der Waals surface area contributed by atoms with Crippen molar-refractivity contribution in [3.8, 4) is 22.9 Å². The molecule has 2 aromatic carbocycles. The number of para-hydroxylation sites is 1. The predicted molar refractivity (Wildman–Crippen MR) is 130 cm³/mol. The van der Waals surface area contributed by atoms with Crippen LogP contribution in [0.4, 0.5) is 11.5 Å². The van der Waals surface area contributed by atoms with E-state index in [0.29, 0.717) is 44.6 Å². The zero-order valence-corrected chi connectivity index (χ0v) is 18.5. The summed E-state index contributed by atoms with van der Waals surface area (Å²) >= 11 is 6.00. The molecule has 5 rings (SSSR count). The molecule has 9 nitrogen and oxygen atoms in total. The number of rotatable bonds is 6. The fourth-order valence-electron chi connectivity index (χ4n) is 3.44. The Balaban J connectivity index is 1.43. The van der Waals surface area contributed by atoms with Crippen LogP contribution in [-0.2, 0) is 11.3 Å². The third-order valence-corrected chi connectivity index (χ3v) is 5.17. The second kappa shape index (κ2) is 9.16. The molecular weight excluding hydrogens is 454 g/mol. The van der Waals surface area contributed by atoms with E-state index in [2.05, 4.69) is 25.4 Å². The number of hydrogen-bond donors (Lipinski definition) is 2. The van der Waals surface area contributed by atoms with Crippen LogP contribution in [0.15, 0.2) is 79.3 Å². The van der Waals surface area contributed by atoms with Crippen LogP contribution < -0.4 is 15.8 Å². The van der Waals surface area contributed by atoms with E-state index in [4.69, 9.17) is 22.1 Å². The van der Waals surface area contributed by atoms with Crippen LogP contribution >= 0.6 is 11.6 Å². The highest BCUT2D eigenvalue weighted by Gasteiger charge is 2.19. The summed E-state index contributed by atoms with van der Waals surface area (Å²) in [6, 6.07) is 19.8. The molecule has 0 atom stereocenters. The number of anilines is 2.